The number of nitrogens with zero attached hydrogens (tertiary/aromatic N) is 3. The lowest BCUT2D eigenvalue weighted by Crippen LogP contribution is -2.66. The normalized spacial score (nSPS) is 18.8. The number of anilines is 1. The van der Waals surface area contributed by atoms with Gasteiger partial charge in [-0.15, -0.1) is 11.3 Å². The van der Waals surface area contributed by atoms with E-state index in [0.717, 1.165) is 21.7 Å². The molecule has 4 rings (SSSR count). The van der Waals surface area contributed by atoms with Gasteiger partial charge in [-0.2, -0.15) is 5.10 Å². The van der Waals surface area contributed by atoms with E-state index < -0.39 is 11.1 Å². The van der Waals surface area contributed by atoms with Crippen LogP contribution in [0.1, 0.15) is 49.3 Å². The summed E-state index contributed by atoms with van der Waals surface area (Å²) in [5, 5.41) is 9.73. The van der Waals surface area contributed by atoms with Crippen LogP contribution < -0.4 is 10.2 Å². The molecule has 1 N–H and O–H groups in total. The molecule has 2 aromatic heterocycles. The summed E-state index contributed by atoms with van der Waals surface area (Å²) >= 11 is 1.58. The van der Waals surface area contributed by atoms with E-state index in [1.807, 2.05) is 83.3 Å². The van der Waals surface area contributed by atoms with Crippen molar-refractivity contribution in [1.82, 2.24) is 15.1 Å². The first kappa shape index (κ1) is 21.3. The molecule has 31 heavy (non-hydrogen) atoms. The van der Waals surface area contributed by atoms with Gasteiger partial charge in [0, 0.05) is 11.2 Å². The van der Waals surface area contributed by atoms with Crippen molar-refractivity contribution in [2.24, 2.45) is 0 Å². The summed E-state index contributed by atoms with van der Waals surface area (Å²) in [7, 11) is 0. The second-order valence-electron chi connectivity index (χ2n) is 9.44. The van der Waals surface area contributed by atoms with Crippen molar-refractivity contribution in [2.75, 3.05) is 4.90 Å². The Morgan fingerprint density at radius 1 is 1.16 bits per heavy atom. The maximum atomic E-state index is 13.8. The predicted octanol–water partition coefficient (Wildman–Crippen LogP) is 4.56. The summed E-state index contributed by atoms with van der Waals surface area (Å²) in [5.74, 6) is -0.429. The molecule has 7 heteroatoms. The first-order valence-corrected chi connectivity index (χ1v) is 11.2. The van der Waals surface area contributed by atoms with Crippen molar-refractivity contribution in [2.45, 2.75) is 59.2 Å². The van der Waals surface area contributed by atoms with Gasteiger partial charge in [-0.3, -0.25) is 19.2 Å². The number of hydrogen-bond acceptors (Lipinski definition) is 4. The van der Waals surface area contributed by atoms with Crippen molar-refractivity contribution in [3.8, 4) is 10.6 Å². The third-order valence-corrected chi connectivity index (χ3v) is 6.55. The van der Waals surface area contributed by atoms with Gasteiger partial charge in [0.1, 0.15) is 16.9 Å². The molecule has 0 saturated heterocycles. The van der Waals surface area contributed by atoms with E-state index in [2.05, 4.69) is 10.4 Å². The third-order valence-electron chi connectivity index (χ3n) is 5.65. The monoisotopic (exact) mass is 436 g/mol. The van der Waals surface area contributed by atoms with Crippen molar-refractivity contribution in [3.05, 3.63) is 58.6 Å². The van der Waals surface area contributed by atoms with Gasteiger partial charge in [-0.25, -0.2) is 0 Å². The molecule has 3 heterocycles. The highest BCUT2D eigenvalue weighted by Gasteiger charge is 2.49. The van der Waals surface area contributed by atoms with Gasteiger partial charge in [0.25, 0.3) is 5.91 Å². The van der Waals surface area contributed by atoms with Crippen molar-refractivity contribution < 1.29 is 9.59 Å². The fourth-order valence-electron chi connectivity index (χ4n) is 3.87. The molecule has 0 radical (unpaired) electrons. The molecule has 3 aromatic rings. The van der Waals surface area contributed by atoms with Gasteiger partial charge in [-0.05, 0) is 82.3 Å². The van der Waals surface area contributed by atoms with Gasteiger partial charge in [-0.1, -0.05) is 12.1 Å². The van der Waals surface area contributed by atoms with Gasteiger partial charge in [0.15, 0.2) is 0 Å². The van der Waals surface area contributed by atoms with Gasteiger partial charge in [0.05, 0.1) is 11.4 Å². The molecule has 6 nitrogen and oxygen atoms in total. The van der Waals surface area contributed by atoms with Crippen LogP contribution in [0, 0.1) is 13.8 Å². The van der Waals surface area contributed by atoms with Gasteiger partial charge >= 0.3 is 0 Å². The van der Waals surface area contributed by atoms with Gasteiger partial charge < -0.3 is 5.32 Å². The Hall–Kier alpha value is -2.93. The molecule has 1 unspecified atom stereocenters. The minimum atomic E-state index is -1.13. The summed E-state index contributed by atoms with van der Waals surface area (Å²) in [6.45, 7) is 11.9. The van der Waals surface area contributed by atoms with Crippen LogP contribution in [0.3, 0.4) is 0 Å². The van der Waals surface area contributed by atoms with Crippen molar-refractivity contribution in [3.63, 3.8) is 0 Å². The van der Waals surface area contributed by atoms with E-state index in [-0.39, 0.29) is 18.4 Å². The number of nitrogens with one attached hydrogen (secondary N) is 1. The van der Waals surface area contributed by atoms with E-state index in [0.29, 0.717) is 11.4 Å². The molecule has 0 spiro atoms. The highest BCUT2D eigenvalue weighted by atomic mass is 32.1. The lowest BCUT2D eigenvalue weighted by Gasteiger charge is -2.44. The molecule has 0 fully saturated rings. The SMILES string of the molecule is Cc1ccc(N2C(=O)c3cc(-c4cccs4)nn3CC2(C)C(=O)NC(C)(C)C)cc1C. The molecular weight excluding hydrogens is 408 g/mol. The van der Waals surface area contributed by atoms with Gasteiger partial charge in [0.2, 0.25) is 5.91 Å². The number of aryl methyl sites for hydroxylation is 2. The average molecular weight is 437 g/mol. The summed E-state index contributed by atoms with van der Waals surface area (Å²) < 4.78 is 1.68. The fourth-order valence-corrected chi connectivity index (χ4v) is 4.55. The number of fused-ring (bicyclic) bond motifs is 1. The number of aromatic nitrogens is 2. The molecule has 2 amide bonds. The molecule has 1 aliphatic rings. The first-order chi connectivity index (χ1) is 14.5. The lowest BCUT2D eigenvalue weighted by atomic mass is 9.92. The molecular formula is C24H28N4O2S. The number of carbonyl (C=O) groups excluding carboxylic acids is 2. The smallest absolute Gasteiger partial charge is 0.277 e. The number of hydrogen-bond donors (Lipinski definition) is 1. The molecule has 0 aliphatic carbocycles. The maximum absolute atomic E-state index is 13.8. The predicted molar refractivity (Wildman–Crippen MR) is 125 cm³/mol. The van der Waals surface area contributed by atoms with Crippen LogP contribution in [-0.2, 0) is 11.3 Å². The van der Waals surface area contributed by atoms with E-state index >= 15 is 0 Å². The standard InChI is InChI=1S/C24H28N4O2S/c1-15-9-10-17(12-16(15)2)28-21(29)19-13-18(20-8-7-11-31-20)26-27(19)14-24(28,6)22(30)25-23(3,4)5/h7-13H,14H2,1-6H3,(H,25,30). The van der Waals surface area contributed by atoms with Crippen LogP contribution in [0.4, 0.5) is 5.69 Å². The summed E-state index contributed by atoms with van der Waals surface area (Å²) in [5.41, 5.74) is 2.61. The Morgan fingerprint density at radius 3 is 2.52 bits per heavy atom. The Bertz CT molecular complexity index is 1160. The summed E-state index contributed by atoms with van der Waals surface area (Å²) in [4.78, 5) is 29.9. The highest BCUT2D eigenvalue weighted by molar-refractivity contribution is 7.13. The molecule has 0 bridgehead atoms. The average Bonchev–Trinajstić information content (AvgIpc) is 3.32. The minimum Gasteiger partial charge on any atom is -0.349 e. The molecule has 0 saturated carbocycles. The van der Waals surface area contributed by atoms with Crippen LogP contribution >= 0.6 is 11.3 Å². The zero-order valence-corrected chi connectivity index (χ0v) is 19.6. The molecule has 1 aliphatic heterocycles. The highest BCUT2D eigenvalue weighted by Crippen LogP contribution is 2.35. The zero-order chi connectivity index (χ0) is 22.6. The van der Waals surface area contributed by atoms with Crippen LogP contribution in [-0.4, -0.2) is 32.7 Å². The molecule has 1 aromatic carbocycles. The zero-order valence-electron chi connectivity index (χ0n) is 18.8. The second kappa shape index (κ2) is 7.34. The number of carbonyl (C=O) groups is 2. The number of rotatable bonds is 3. The Labute approximate surface area is 186 Å². The Morgan fingerprint density at radius 2 is 1.90 bits per heavy atom. The molecule has 1 atom stereocenters. The van der Waals surface area contributed by atoms with E-state index in [1.54, 1.807) is 20.9 Å². The lowest BCUT2D eigenvalue weighted by molar-refractivity contribution is -0.128. The fraction of sp³-hybridized carbons (Fsp3) is 0.375. The van der Waals surface area contributed by atoms with Crippen LogP contribution in [0.15, 0.2) is 41.8 Å². The van der Waals surface area contributed by atoms with Crippen LogP contribution in [0.2, 0.25) is 0 Å². The number of benzene rings is 1. The Kier molecular flexibility index (Phi) is 5.04. The second-order valence-corrected chi connectivity index (χ2v) is 10.4. The topological polar surface area (TPSA) is 67.2 Å². The number of thiophene rings is 1. The first-order valence-electron chi connectivity index (χ1n) is 10.4. The largest absolute Gasteiger partial charge is 0.349 e. The molecule has 162 valence electrons. The van der Waals surface area contributed by atoms with Crippen molar-refractivity contribution in [1.29, 1.82) is 0 Å². The maximum Gasteiger partial charge on any atom is 0.277 e. The van der Waals surface area contributed by atoms with Crippen molar-refractivity contribution >= 4 is 28.8 Å². The quantitative estimate of drug-likeness (QED) is 0.654. The van der Waals surface area contributed by atoms with E-state index in [1.165, 1.54) is 0 Å². The minimum absolute atomic E-state index is 0.203. The third kappa shape index (κ3) is 3.78. The van der Waals surface area contributed by atoms with E-state index in [4.69, 9.17) is 0 Å². The Balaban J connectivity index is 1.86. The summed E-state index contributed by atoms with van der Waals surface area (Å²) in [6, 6.07) is 11.6. The number of amides is 2. The van der Waals surface area contributed by atoms with E-state index in [9.17, 15) is 9.59 Å². The van der Waals surface area contributed by atoms with Crippen LogP contribution in [0.25, 0.3) is 10.6 Å². The van der Waals surface area contributed by atoms with Crippen LogP contribution in [0.5, 0.6) is 0 Å². The summed E-state index contributed by atoms with van der Waals surface area (Å²) in [6.07, 6.45) is 0.